The van der Waals surface area contributed by atoms with Crippen LogP contribution in [-0.4, -0.2) is 43.5 Å². The summed E-state index contributed by atoms with van der Waals surface area (Å²) in [4.78, 5) is 4.66. The van der Waals surface area contributed by atoms with Gasteiger partial charge in [-0.2, -0.15) is 0 Å². The Labute approximate surface area is 115 Å². The number of hydrogen-bond acceptors (Lipinski definition) is 3. The van der Waals surface area contributed by atoms with Gasteiger partial charge in [0, 0.05) is 37.2 Å². The first-order valence-electron chi connectivity index (χ1n) is 6.41. The molecule has 3 nitrogen and oxygen atoms in total. The zero-order valence-electron chi connectivity index (χ0n) is 11.4. The van der Waals surface area contributed by atoms with E-state index in [0.717, 1.165) is 24.7 Å². The van der Waals surface area contributed by atoms with Crippen LogP contribution in [0.25, 0.3) is 0 Å². The average Bonchev–Trinajstić information content (AvgIpc) is 2.69. The van der Waals surface area contributed by atoms with Gasteiger partial charge in [0.05, 0.1) is 0 Å². The van der Waals surface area contributed by atoms with Crippen LogP contribution in [0.3, 0.4) is 0 Å². The molecule has 2 N–H and O–H groups in total. The number of nitrogens with zero attached hydrogens (tertiary/aromatic N) is 2. The van der Waals surface area contributed by atoms with E-state index in [0.29, 0.717) is 12.6 Å². The Morgan fingerprint density at radius 2 is 2.17 bits per heavy atom. The molecule has 0 radical (unpaired) electrons. The molecule has 0 spiro atoms. The first-order valence-corrected chi connectivity index (χ1v) is 6.79. The van der Waals surface area contributed by atoms with Crippen LogP contribution < -0.4 is 5.73 Å². The lowest BCUT2D eigenvalue weighted by atomic mass is 10.0. The number of benzene rings is 1. The molecular weight excluding hydrogens is 246 g/mol. The topological polar surface area (TPSA) is 32.5 Å². The second-order valence-electron chi connectivity index (χ2n) is 5.27. The van der Waals surface area contributed by atoms with Gasteiger partial charge in [-0.1, -0.05) is 17.7 Å². The van der Waals surface area contributed by atoms with Gasteiger partial charge in [-0.15, -0.1) is 0 Å². The summed E-state index contributed by atoms with van der Waals surface area (Å²) in [5.41, 5.74) is 9.88. The lowest BCUT2D eigenvalue weighted by Crippen LogP contribution is -2.33. The minimum atomic E-state index is 0.343. The molecule has 0 fully saturated rings. The molecule has 0 amide bonds. The summed E-state index contributed by atoms with van der Waals surface area (Å²) in [6, 6.07) is 4.47. The second-order valence-corrected chi connectivity index (χ2v) is 5.67. The zero-order valence-corrected chi connectivity index (χ0v) is 12.2. The molecule has 18 heavy (non-hydrogen) atoms. The van der Waals surface area contributed by atoms with E-state index in [1.165, 1.54) is 16.7 Å². The van der Waals surface area contributed by atoms with E-state index < -0.39 is 0 Å². The summed E-state index contributed by atoms with van der Waals surface area (Å²) in [7, 11) is 4.20. The van der Waals surface area contributed by atoms with Crippen molar-refractivity contribution in [3.63, 3.8) is 0 Å². The van der Waals surface area contributed by atoms with Crippen molar-refractivity contribution in [3.8, 4) is 0 Å². The highest BCUT2D eigenvalue weighted by molar-refractivity contribution is 6.31. The Bertz CT molecular complexity index is 431. The number of halogens is 1. The van der Waals surface area contributed by atoms with Crippen LogP contribution in [0.1, 0.15) is 22.7 Å². The van der Waals surface area contributed by atoms with Crippen LogP contribution in [0.15, 0.2) is 12.1 Å². The van der Waals surface area contributed by atoms with Crippen molar-refractivity contribution in [1.82, 2.24) is 9.80 Å². The number of rotatable bonds is 4. The fourth-order valence-electron chi connectivity index (χ4n) is 2.62. The quantitative estimate of drug-likeness (QED) is 0.906. The Morgan fingerprint density at radius 3 is 2.78 bits per heavy atom. The van der Waals surface area contributed by atoms with E-state index in [-0.39, 0.29) is 0 Å². The predicted octanol–water partition coefficient (Wildman–Crippen LogP) is 2.03. The molecule has 1 aliphatic heterocycles. The summed E-state index contributed by atoms with van der Waals surface area (Å²) in [6.07, 6.45) is 0. The maximum absolute atomic E-state index is 6.20. The monoisotopic (exact) mass is 267 g/mol. The third-order valence-electron chi connectivity index (χ3n) is 3.79. The van der Waals surface area contributed by atoms with Gasteiger partial charge < -0.3 is 10.6 Å². The molecule has 1 heterocycles. The van der Waals surface area contributed by atoms with Crippen molar-refractivity contribution in [2.45, 2.75) is 19.5 Å². The largest absolute Gasteiger partial charge is 0.329 e. The molecule has 0 aromatic heterocycles. The minimum Gasteiger partial charge on any atom is -0.329 e. The van der Waals surface area contributed by atoms with Gasteiger partial charge >= 0.3 is 0 Å². The number of nitrogens with two attached hydrogens (primary N) is 1. The van der Waals surface area contributed by atoms with E-state index >= 15 is 0 Å². The molecule has 0 saturated heterocycles. The summed E-state index contributed by atoms with van der Waals surface area (Å²) in [5, 5.41) is 0.860. The zero-order chi connectivity index (χ0) is 13.3. The molecule has 1 aromatic carbocycles. The third-order valence-corrected chi connectivity index (χ3v) is 4.20. The molecule has 1 aromatic rings. The van der Waals surface area contributed by atoms with Crippen LogP contribution in [0.2, 0.25) is 5.02 Å². The van der Waals surface area contributed by atoms with Crippen molar-refractivity contribution < 1.29 is 0 Å². The van der Waals surface area contributed by atoms with Crippen molar-refractivity contribution in [2.75, 3.05) is 33.7 Å². The van der Waals surface area contributed by atoms with Crippen molar-refractivity contribution >= 4 is 11.6 Å². The molecule has 0 bridgehead atoms. The molecule has 0 aliphatic carbocycles. The van der Waals surface area contributed by atoms with E-state index in [2.05, 4.69) is 36.9 Å². The standard InChI is InChI=1S/C14H22ClN3/c1-10-12-9-18(7-6-17(2)3)14(8-16)11(12)4-5-13(10)15/h4-5,14H,6-9,16H2,1-3H3. The Morgan fingerprint density at radius 1 is 1.44 bits per heavy atom. The van der Waals surface area contributed by atoms with Gasteiger partial charge in [0.1, 0.15) is 0 Å². The van der Waals surface area contributed by atoms with Crippen LogP contribution >= 0.6 is 11.6 Å². The summed E-state index contributed by atoms with van der Waals surface area (Å²) in [5.74, 6) is 0. The number of hydrogen-bond donors (Lipinski definition) is 1. The molecule has 2 rings (SSSR count). The van der Waals surface area contributed by atoms with Crippen LogP contribution in [0.4, 0.5) is 0 Å². The average molecular weight is 268 g/mol. The highest BCUT2D eigenvalue weighted by Crippen LogP contribution is 2.36. The van der Waals surface area contributed by atoms with E-state index in [1.54, 1.807) is 0 Å². The first-order chi connectivity index (χ1) is 8.54. The van der Waals surface area contributed by atoms with Gasteiger partial charge in [0.2, 0.25) is 0 Å². The Kier molecular flexibility index (Phi) is 4.28. The van der Waals surface area contributed by atoms with E-state index in [9.17, 15) is 0 Å². The molecule has 4 heteroatoms. The first kappa shape index (κ1) is 13.8. The lowest BCUT2D eigenvalue weighted by Gasteiger charge is -2.25. The lowest BCUT2D eigenvalue weighted by molar-refractivity contribution is 0.197. The highest BCUT2D eigenvalue weighted by Gasteiger charge is 2.30. The summed E-state index contributed by atoms with van der Waals surface area (Å²) < 4.78 is 0. The van der Waals surface area contributed by atoms with Gasteiger partial charge in [-0.3, -0.25) is 4.90 Å². The number of fused-ring (bicyclic) bond motifs is 1. The van der Waals surface area contributed by atoms with E-state index in [4.69, 9.17) is 17.3 Å². The SMILES string of the molecule is Cc1c(Cl)ccc2c1CN(CCN(C)C)C2CN. The van der Waals surface area contributed by atoms with Crippen molar-refractivity contribution in [2.24, 2.45) is 5.73 Å². The van der Waals surface area contributed by atoms with Crippen LogP contribution in [0.5, 0.6) is 0 Å². The maximum Gasteiger partial charge on any atom is 0.0477 e. The van der Waals surface area contributed by atoms with Crippen molar-refractivity contribution in [3.05, 3.63) is 33.8 Å². The summed E-state index contributed by atoms with van der Waals surface area (Å²) in [6.45, 7) is 5.83. The Hall–Kier alpha value is -0.610. The molecule has 100 valence electrons. The van der Waals surface area contributed by atoms with Crippen LogP contribution in [0, 0.1) is 6.92 Å². The normalized spacial score (nSPS) is 19.6. The Balaban J connectivity index is 2.22. The number of likely N-dealkylation sites (N-methyl/N-ethyl adjacent to an activating group) is 1. The van der Waals surface area contributed by atoms with Gasteiger partial charge in [0.15, 0.2) is 0 Å². The smallest absolute Gasteiger partial charge is 0.0477 e. The van der Waals surface area contributed by atoms with Gasteiger partial charge in [0.25, 0.3) is 0 Å². The second kappa shape index (κ2) is 5.57. The van der Waals surface area contributed by atoms with Gasteiger partial charge in [-0.25, -0.2) is 0 Å². The third kappa shape index (κ3) is 2.54. The highest BCUT2D eigenvalue weighted by atomic mass is 35.5. The molecule has 1 unspecified atom stereocenters. The fourth-order valence-corrected chi connectivity index (χ4v) is 2.80. The van der Waals surface area contributed by atoms with Crippen LogP contribution in [-0.2, 0) is 6.54 Å². The minimum absolute atomic E-state index is 0.343. The molecule has 1 aliphatic rings. The predicted molar refractivity (Wildman–Crippen MR) is 76.9 cm³/mol. The molecule has 1 atom stereocenters. The maximum atomic E-state index is 6.20. The van der Waals surface area contributed by atoms with Gasteiger partial charge in [-0.05, 0) is 43.8 Å². The fraction of sp³-hybridized carbons (Fsp3) is 0.571. The van der Waals surface area contributed by atoms with Crippen molar-refractivity contribution in [1.29, 1.82) is 0 Å². The molecule has 0 saturated carbocycles. The molecular formula is C14H22ClN3. The van der Waals surface area contributed by atoms with E-state index in [1.807, 2.05) is 6.07 Å². The summed E-state index contributed by atoms with van der Waals surface area (Å²) >= 11 is 6.20.